The Bertz CT molecular complexity index is 554. The molecule has 0 amide bonds. The van der Waals surface area contributed by atoms with Crippen molar-refractivity contribution in [1.82, 2.24) is 14.8 Å². The van der Waals surface area contributed by atoms with Gasteiger partial charge in [0, 0.05) is 24.5 Å². The molecule has 0 aliphatic carbocycles. The van der Waals surface area contributed by atoms with Crippen molar-refractivity contribution in [2.45, 2.75) is 20.4 Å². The summed E-state index contributed by atoms with van der Waals surface area (Å²) in [5.41, 5.74) is 1.93. The average Bonchev–Trinajstić information content (AvgIpc) is 2.81. The van der Waals surface area contributed by atoms with Crippen LogP contribution in [0.5, 0.6) is 5.75 Å². The number of methoxy groups -OCH3 is 1. The van der Waals surface area contributed by atoms with Crippen LogP contribution in [0.2, 0.25) is 0 Å². The quantitative estimate of drug-likeness (QED) is 0.771. The van der Waals surface area contributed by atoms with Crippen molar-refractivity contribution >= 4 is 5.78 Å². The molecule has 5 heteroatoms. The highest BCUT2D eigenvalue weighted by Gasteiger charge is 2.21. The van der Waals surface area contributed by atoms with Crippen LogP contribution in [0.4, 0.5) is 0 Å². The normalized spacial score (nSPS) is 10.4. The van der Waals surface area contributed by atoms with E-state index in [4.69, 9.17) is 4.74 Å². The first-order valence-electron chi connectivity index (χ1n) is 5.74. The number of hydrogen-bond donors (Lipinski definition) is 0. The molecule has 2 aromatic rings. The fraction of sp³-hybridized carbons (Fsp3) is 0.308. The SMILES string of the molecule is CCn1ncc(OC)c1C(=O)c1cnccc1C. The third-order valence-electron chi connectivity index (χ3n) is 2.82. The Morgan fingerprint density at radius 1 is 1.44 bits per heavy atom. The maximum atomic E-state index is 12.5. The average molecular weight is 245 g/mol. The van der Waals surface area contributed by atoms with Gasteiger partial charge in [-0.15, -0.1) is 0 Å². The number of rotatable bonds is 4. The van der Waals surface area contributed by atoms with E-state index in [-0.39, 0.29) is 5.78 Å². The predicted molar refractivity (Wildman–Crippen MR) is 66.9 cm³/mol. The summed E-state index contributed by atoms with van der Waals surface area (Å²) in [6.07, 6.45) is 4.80. The highest BCUT2D eigenvalue weighted by molar-refractivity contribution is 6.10. The van der Waals surface area contributed by atoms with Crippen LogP contribution in [0, 0.1) is 6.92 Å². The summed E-state index contributed by atoms with van der Waals surface area (Å²) in [6, 6.07) is 1.81. The van der Waals surface area contributed by atoms with Crippen molar-refractivity contribution in [1.29, 1.82) is 0 Å². The van der Waals surface area contributed by atoms with Crippen molar-refractivity contribution in [3.8, 4) is 5.75 Å². The number of aromatic nitrogens is 3. The molecule has 0 unspecified atom stereocenters. The number of ether oxygens (including phenoxy) is 1. The van der Waals surface area contributed by atoms with E-state index >= 15 is 0 Å². The highest BCUT2D eigenvalue weighted by atomic mass is 16.5. The van der Waals surface area contributed by atoms with Gasteiger partial charge in [-0.25, -0.2) is 0 Å². The number of hydrogen-bond acceptors (Lipinski definition) is 4. The molecule has 0 spiro atoms. The molecule has 94 valence electrons. The Morgan fingerprint density at radius 3 is 2.83 bits per heavy atom. The Hall–Kier alpha value is -2.17. The van der Waals surface area contributed by atoms with Gasteiger partial charge in [0.1, 0.15) is 0 Å². The lowest BCUT2D eigenvalue weighted by Crippen LogP contribution is -2.13. The number of nitrogens with zero attached hydrogens (tertiary/aromatic N) is 3. The third kappa shape index (κ3) is 1.99. The summed E-state index contributed by atoms with van der Waals surface area (Å²) in [4.78, 5) is 16.5. The zero-order valence-corrected chi connectivity index (χ0v) is 10.7. The monoisotopic (exact) mass is 245 g/mol. The van der Waals surface area contributed by atoms with Gasteiger partial charge in [-0.3, -0.25) is 14.5 Å². The van der Waals surface area contributed by atoms with Crippen LogP contribution in [-0.2, 0) is 6.54 Å². The number of carbonyl (C=O) groups is 1. The van der Waals surface area contributed by atoms with Crippen LogP contribution in [-0.4, -0.2) is 27.7 Å². The summed E-state index contributed by atoms with van der Waals surface area (Å²) in [7, 11) is 1.53. The third-order valence-corrected chi connectivity index (χ3v) is 2.82. The molecule has 0 bridgehead atoms. The molecule has 0 atom stereocenters. The van der Waals surface area contributed by atoms with Gasteiger partial charge in [0.05, 0.1) is 13.3 Å². The second kappa shape index (κ2) is 5.00. The Balaban J connectivity index is 2.52. The van der Waals surface area contributed by atoms with Crippen LogP contribution in [0.3, 0.4) is 0 Å². The summed E-state index contributed by atoms with van der Waals surface area (Å²) >= 11 is 0. The Labute approximate surface area is 105 Å². The van der Waals surface area contributed by atoms with Gasteiger partial charge in [0.25, 0.3) is 0 Å². The Kier molecular flexibility index (Phi) is 3.41. The van der Waals surface area contributed by atoms with Crippen molar-refractivity contribution in [2.24, 2.45) is 0 Å². The van der Waals surface area contributed by atoms with E-state index in [1.807, 2.05) is 19.9 Å². The number of ketones is 1. The topological polar surface area (TPSA) is 57.0 Å². The molecular weight excluding hydrogens is 230 g/mol. The van der Waals surface area contributed by atoms with Gasteiger partial charge in [0.15, 0.2) is 11.4 Å². The van der Waals surface area contributed by atoms with Crippen molar-refractivity contribution in [3.63, 3.8) is 0 Å². The van der Waals surface area contributed by atoms with Gasteiger partial charge in [-0.05, 0) is 25.5 Å². The second-order valence-corrected chi connectivity index (χ2v) is 3.90. The Morgan fingerprint density at radius 2 is 2.22 bits per heavy atom. The van der Waals surface area contributed by atoms with Gasteiger partial charge < -0.3 is 4.74 Å². The summed E-state index contributed by atoms with van der Waals surface area (Å²) in [6.45, 7) is 4.43. The maximum absolute atomic E-state index is 12.5. The molecule has 0 fully saturated rings. The standard InChI is InChI=1S/C13H15N3O2/c1-4-16-12(11(18-3)8-15-16)13(17)10-7-14-6-5-9(10)2/h5-8H,4H2,1-3H3. The maximum Gasteiger partial charge on any atom is 0.216 e. The first-order valence-corrected chi connectivity index (χ1v) is 5.74. The molecule has 0 aromatic carbocycles. The van der Waals surface area contributed by atoms with Gasteiger partial charge in [-0.2, -0.15) is 5.10 Å². The van der Waals surface area contributed by atoms with E-state index in [0.717, 1.165) is 5.56 Å². The van der Waals surface area contributed by atoms with E-state index in [0.29, 0.717) is 23.6 Å². The lowest BCUT2D eigenvalue weighted by atomic mass is 10.1. The van der Waals surface area contributed by atoms with E-state index in [9.17, 15) is 4.79 Å². The van der Waals surface area contributed by atoms with Crippen molar-refractivity contribution in [3.05, 3.63) is 41.5 Å². The van der Waals surface area contributed by atoms with Crippen LogP contribution in [0.1, 0.15) is 28.5 Å². The summed E-state index contributed by atoms with van der Waals surface area (Å²) < 4.78 is 6.82. The minimum absolute atomic E-state index is 0.114. The number of aryl methyl sites for hydroxylation is 2. The molecule has 2 aromatic heterocycles. The van der Waals surface area contributed by atoms with E-state index in [1.54, 1.807) is 23.3 Å². The highest BCUT2D eigenvalue weighted by Crippen LogP contribution is 2.22. The molecule has 0 radical (unpaired) electrons. The minimum atomic E-state index is -0.114. The molecule has 0 saturated heterocycles. The van der Waals surface area contributed by atoms with Crippen molar-refractivity contribution in [2.75, 3.05) is 7.11 Å². The molecule has 5 nitrogen and oxygen atoms in total. The summed E-state index contributed by atoms with van der Waals surface area (Å²) in [5, 5.41) is 4.13. The number of carbonyl (C=O) groups excluding carboxylic acids is 1. The molecule has 18 heavy (non-hydrogen) atoms. The first-order chi connectivity index (χ1) is 8.69. The molecule has 2 rings (SSSR count). The molecule has 0 saturated carbocycles. The van der Waals surface area contributed by atoms with Crippen LogP contribution in [0.15, 0.2) is 24.7 Å². The van der Waals surface area contributed by atoms with Crippen molar-refractivity contribution < 1.29 is 9.53 Å². The van der Waals surface area contributed by atoms with Crippen LogP contribution < -0.4 is 4.74 Å². The van der Waals surface area contributed by atoms with Gasteiger partial charge in [-0.1, -0.05) is 0 Å². The molecule has 2 heterocycles. The van der Waals surface area contributed by atoms with E-state index in [1.165, 1.54) is 7.11 Å². The minimum Gasteiger partial charge on any atom is -0.493 e. The first kappa shape index (κ1) is 12.3. The molecule has 0 aliphatic rings. The lowest BCUT2D eigenvalue weighted by molar-refractivity contribution is 0.102. The fourth-order valence-corrected chi connectivity index (χ4v) is 1.82. The van der Waals surface area contributed by atoms with Crippen LogP contribution >= 0.6 is 0 Å². The number of pyridine rings is 1. The van der Waals surface area contributed by atoms with Gasteiger partial charge >= 0.3 is 0 Å². The summed E-state index contributed by atoms with van der Waals surface area (Å²) in [5.74, 6) is 0.377. The van der Waals surface area contributed by atoms with E-state index in [2.05, 4.69) is 10.1 Å². The largest absolute Gasteiger partial charge is 0.493 e. The molecular formula is C13H15N3O2. The smallest absolute Gasteiger partial charge is 0.216 e. The zero-order chi connectivity index (χ0) is 13.1. The predicted octanol–water partition coefficient (Wildman–Crippen LogP) is 1.85. The fourth-order valence-electron chi connectivity index (χ4n) is 1.82. The zero-order valence-electron chi connectivity index (χ0n) is 10.7. The van der Waals surface area contributed by atoms with E-state index < -0.39 is 0 Å². The molecule has 0 aliphatic heterocycles. The lowest BCUT2D eigenvalue weighted by Gasteiger charge is -2.07. The second-order valence-electron chi connectivity index (χ2n) is 3.90. The van der Waals surface area contributed by atoms with Gasteiger partial charge in [0.2, 0.25) is 5.78 Å². The molecule has 0 N–H and O–H groups in total. The van der Waals surface area contributed by atoms with Crippen LogP contribution in [0.25, 0.3) is 0 Å².